The summed E-state index contributed by atoms with van der Waals surface area (Å²) in [6.45, 7) is 3.63. The van der Waals surface area contributed by atoms with Gasteiger partial charge in [0.25, 0.3) is 5.69 Å². The number of halogens is 1. The number of amides is 1. The van der Waals surface area contributed by atoms with E-state index in [9.17, 15) is 14.9 Å². The number of hydrogen-bond donors (Lipinski definition) is 2. The van der Waals surface area contributed by atoms with Crippen molar-refractivity contribution in [2.24, 2.45) is 0 Å². The maximum atomic E-state index is 13.4. The summed E-state index contributed by atoms with van der Waals surface area (Å²) in [5, 5.41) is 20.6. The van der Waals surface area contributed by atoms with Gasteiger partial charge in [0.05, 0.1) is 23.4 Å². The lowest BCUT2D eigenvalue weighted by atomic mass is 10.0. The normalized spacial score (nSPS) is 11.6. The highest BCUT2D eigenvalue weighted by atomic mass is 79.9. The molecular weight excluding hydrogens is 664 g/mol. The van der Waals surface area contributed by atoms with Gasteiger partial charge in [-0.3, -0.25) is 14.9 Å². The van der Waals surface area contributed by atoms with Gasteiger partial charge < -0.3 is 20.1 Å². The molecule has 46 heavy (non-hydrogen) atoms. The zero-order chi connectivity index (χ0) is 32.5. The van der Waals surface area contributed by atoms with Gasteiger partial charge in [0.15, 0.2) is 5.11 Å². The first kappa shape index (κ1) is 32.8. The molecule has 1 heterocycles. The molecule has 2 N–H and O–H groups in total. The summed E-state index contributed by atoms with van der Waals surface area (Å²) in [5.41, 5.74) is 3.68. The quantitative estimate of drug-likeness (QED) is 0.0746. The van der Waals surface area contributed by atoms with Crippen molar-refractivity contribution in [1.82, 2.24) is 19.8 Å². The van der Waals surface area contributed by atoms with Crippen LogP contribution >= 0.6 is 28.1 Å². The van der Waals surface area contributed by atoms with Crippen molar-refractivity contribution < 1.29 is 9.72 Å². The van der Waals surface area contributed by atoms with Gasteiger partial charge in [-0.25, -0.2) is 4.98 Å². The second-order valence-corrected chi connectivity index (χ2v) is 12.3. The number of thiocarbonyl (C=S) groups is 1. The molecular formula is C35H35BrN6O3S. The molecule has 5 rings (SSSR count). The van der Waals surface area contributed by atoms with E-state index in [1.165, 1.54) is 12.1 Å². The van der Waals surface area contributed by atoms with E-state index in [4.69, 9.17) is 12.2 Å². The molecule has 0 aliphatic heterocycles. The van der Waals surface area contributed by atoms with E-state index in [2.05, 4.69) is 73.7 Å². The van der Waals surface area contributed by atoms with Crippen molar-refractivity contribution in [2.75, 3.05) is 11.9 Å². The molecule has 1 atom stereocenters. The summed E-state index contributed by atoms with van der Waals surface area (Å²) < 4.78 is 2.80. The van der Waals surface area contributed by atoms with Crippen LogP contribution in [0.3, 0.4) is 0 Å². The van der Waals surface area contributed by atoms with Gasteiger partial charge in [0, 0.05) is 54.2 Å². The number of non-ortho nitro benzene ring substituents is 1. The lowest BCUT2D eigenvalue weighted by Crippen LogP contribution is -2.47. The van der Waals surface area contributed by atoms with Crippen molar-refractivity contribution in [1.29, 1.82) is 0 Å². The average Bonchev–Trinajstić information content (AvgIpc) is 3.48. The van der Waals surface area contributed by atoms with Crippen LogP contribution in [-0.4, -0.2) is 43.0 Å². The van der Waals surface area contributed by atoms with Crippen LogP contribution in [0.5, 0.6) is 0 Å². The molecule has 0 aliphatic rings. The van der Waals surface area contributed by atoms with E-state index >= 15 is 0 Å². The van der Waals surface area contributed by atoms with Crippen LogP contribution in [0, 0.1) is 10.1 Å². The van der Waals surface area contributed by atoms with E-state index in [0.29, 0.717) is 24.7 Å². The molecule has 9 nitrogen and oxygen atoms in total. The molecule has 5 aromatic rings. The number of nitro benzene ring substituents is 1. The number of imidazole rings is 1. The Labute approximate surface area is 281 Å². The first-order valence-corrected chi connectivity index (χ1v) is 16.3. The Balaban J connectivity index is 1.31. The maximum Gasteiger partial charge on any atom is 0.269 e. The summed E-state index contributed by atoms with van der Waals surface area (Å²) in [5.74, 6) is -0.112. The van der Waals surface area contributed by atoms with Crippen LogP contribution in [0.2, 0.25) is 0 Å². The summed E-state index contributed by atoms with van der Waals surface area (Å²) in [6.07, 6.45) is 5.16. The van der Waals surface area contributed by atoms with Crippen molar-refractivity contribution in [3.05, 3.63) is 135 Å². The number of hydrogen-bond acceptors (Lipinski definition) is 5. The molecule has 4 aromatic carbocycles. The van der Waals surface area contributed by atoms with Crippen LogP contribution in [0.15, 0.2) is 108 Å². The maximum absolute atomic E-state index is 13.4. The minimum Gasteiger partial charge on any atom is -0.351 e. The van der Waals surface area contributed by atoms with Gasteiger partial charge in [0.2, 0.25) is 5.91 Å². The summed E-state index contributed by atoms with van der Waals surface area (Å²) in [4.78, 5) is 30.4. The van der Waals surface area contributed by atoms with E-state index in [-0.39, 0.29) is 24.1 Å². The van der Waals surface area contributed by atoms with Gasteiger partial charge in [-0.15, -0.1) is 0 Å². The number of anilines is 1. The van der Waals surface area contributed by atoms with Crippen molar-refractivity contribution >= 4 is 61.3 Å². The molecule has 0 radical (unpaired) electrons. The fourth-order valence-corrected chi connectivity index (χ4v) is 6.07. The molecule has 1 amide bonds. The molecule has 0 spiro atoms. The fraction of sp³-hybridized carbons (Fsp3) is 0.229. The van der Waals surface area contributed by atoms with Crippen molar-refractivity contribution in [3.63, 3.8) is 0 Å². The van der Waals surface area contributed by atoms with Crippen molar-refractivity contribution in [2.45, 2.75) is 45.3 Å². The molecule has 0 aliphatic carbocycles. The third-order valence-corrected chi connectivity index (χ3v) is 8.78. The number of carbonyl (C=O) groups excluding carboxylic acids is 1. The molecule has 0 unspecified atom stereocenters. The number of para-hydroxylation sites is 1. The lowest BCUT2D eigenvalue weighted by Gasteiger charge is -2.31. The van der Waals surface area contributed by atoms with Crippen LogP contribution < -0.4 is 10.6 Å². The Bertz CT molecular complexity index is 1820. The van der Waals surface area contributed by atoms with Crippen molar-refractivity contribution in [3.8, 4) is 0 Å². The Hall–Kier alpha value is -4.61. The van der Waals surface area contributed by atoms with Crippen LogP contribution in [0.4, 0.5) is 11.4 Å². The Kier molecular flexibility index (Phi) is 11.1. The predicted molar refractivity (Wildman–Crippen MR) is 190 cm³/mol. The van der Waals surface area contributed by atoms with Gasteiger partial charge >= 0.3 is 0 Å². The summed E-state index contributed by atoms with van der Waals surface area (Å²) >= 11 is 9.60. The summed E-state index contributed by atoms with van der Waals surface area (Å²) in [7, 11) is 0. The number of fused-ring (bicyclic) bond motifs is 1. The molecule has 0 bridgehead atoms. The Morgan fingerprint density at radius 3 is 2.54 bits per heavy atom. The van der Waals surface area contributed by atoms with Crippen LogP contribution in [0.1, 0.15) is 36.6 Å². The fourth-order valence-electron chi connectivity index (χ4n) is 5.44. The molecule has 0 saturated heterocycles. The third kappa shape index (κ3) is 8.55. The third-order valence-electron chi connectivity index (χ3n) is 7.73. The number of nitrogens with zero attached hydrogens (tertiary/aromatic N) is 4. The molecule has 0 fully saturated rings. The number of aromatic nitrogens is 2. The van der Waals surface area contributed by atoms with Gasteiger partial charge in [0.1, 0.15) is 0 Å². The Morgan fingerprint density at radius 2 is 1.78 bits per heavy atom. The Morgan fingerprint density at radius 1 is 1.04 bits per heavy atom. The molecule has 11 heteroatoms. The molecule has 1 aromatic heterocycles. The average molecular weight is 700 g/mol. The van der Waals surface area contributed by atoms with E-state index < -0.39 is 4.92 Å². The predicted octanol–water partition coefficient (Wildman–Crippen LogP) is 7.48. The zero-order valence-electron chi connectivity index (χ0n) is 25.4. The second kappa shape index (κ2) is 15.6. The minimum atomic E-state index is -0.421. The topological polar surface area (TPSA) is 105 Å². The van der Waals surface area contributed by atoms with E-state index in [1.54, 1.807) is 24.7 Å². The van der Waals surface area contributed by atoms with E-state index in [0.717, 1.165) is 50.6 Å². The highest BCUT2D eigenvalue weighted by Gasteiger charge is 2.21. The van der Waals surface area contributed by atoms with Crippen LogP contribution in [-0.2, 0) is 24.3 Å². The summed E-state index contributed by atoms with van der Waals surface area (Å²) in [6, 6.07) is 28.7. The first-order valence-electron chi connectivity index (χ1n) is 15.1. The smallest absolute Gasteiger partial charge is 0.269 e. The number of rotatable bonds is 13. The van der Waals surface area contributed by atoms with Gasteiger partial charge in [-0.2, -0.15) is 0 Å². The van der Waals surface area contributed by atoms with Gasteiger partial charge in [-0.1, -0.05) is 80.1 Å². The largest absolute Gasteiger partial charge is 0.351 e. The van der Waals surface area contributed by atoms with Crippen LogP contribution in [0.25, 0.3) is 10.8 Å². The van der Waals surface area contributed by atoms with E-state index in [1.807, 2.05) is 41.0 Å². The first-order chi connectivity index (χ1) is 22.3. The molecule has 236 valence electrons. The standard InChI is InChI=1S/C35H35BrN6O3S/c1-2-8-28(38-34(43)19-30-20-37-24-41(30)21-25-15-17-29(18-16-25)42(44)45)23-40(35(46)39-33-14-6-5-13-32(33)36)22-27-11-7-10-26-9-3-4-12-31(26)27/h3-7,9-18,20,24,28H,2,8,19,21-23H2,1H3,(H,38,43)(H,39,46)/t28-/m0/s1. The number of benzene rings is 4. The minimum absolute atomic E-state index is 0.0385. The SMILES string of the molecule is CCC[C@@H](CN(Cc1cccc2ccccc12)C(=S)Nc1ccccc1Br)NC(=O)Cc1cncn1Cc1ccc([N+](=O)[O-])cc1. The number of carbonyl (C=O) groups is 1. The number of nitro groups is 1. The monoisotopic (exact) mass is 698 g/mol. The molecule has 0 saturated carbocycles. The number of nitrogens with one attached hydrogen (secondary N) is 2. The lowest BCUT2D eigenvalue weighted by molar-refractivity contribution is -0.384. The highest BCUT2D eigenvalue weighted by molar-refractivity contribution is 9.10. The highest BCUT2D eigenvalue weighted by Crippen LogP contribution is 2.24. The zero-order valence-corrected chi connectivity index (χ0v) is 27.8. The second-order valence-electron chi connectivity index (χ2n) is 11.1. The van der Waals surface area contributed by atoms with Gasteiger partial charge in [-0.05, 0) is 68.6 Å².